The van der Waals surface area contributed by atoms with E-state index in [9.17, 15) is 0 Å². The molecule has 2 aliphatic carbocycles. The fourth-order valence-electron chi connectivity index (χ4n) is 3.98. The SMILES string of the molecule is CC1CCCC(NCC2C(C)(C)C2(C)C)C1C. The largest absolute Gasteiger partial charge is 0.313 e. The van der Waals surface area contributed by atoms with Crippen LogP contribution in [0, 0.1) is 28.6 Å². The molecule has 2 aliphatic rings. The van der Waals surface area contributed by atoms with Crippen LogP contribution in [0.5, 0.6) is 0 Å². The van der Waals surface area contributed by atoms with E-state index in [0.29, 0.717) is 10.8 Å². The van der Waals surface area contributed by atoms with E-state index in [2.05, 4.69) is 46.9 Å². The molecule has 0 bridgehead atoms. The molecule has 0 radical (unpaired) electrons. The van der Waals surface area contributed by atoms with Gasteiger partial charge in [-0.3, -0.25) is 0 Å². The molecule has 0 aromatic rings. The average Bonchev–Trinajstić information content (AvgIpc) is 2.61. The van der Waals surface area contributed by atoms with Crippen LogP contribution in [0.4, 0.5) is 0 Å². The van der Waals surface area contributed by atoms with Crippen molar-refractivity contribution in [1.29, 1.82) is 0 Å². The molecule has 0 aromatic carbocycles. The number of rotatable bonds is 3. The third kappa shape index (κ3) is 2.16. The summed E-state index contributed by atoms with van der Waals surface area (Å²) in [5.41, 5.74) is 1.06. The Bertz CT molecular complexity index is 265. The second-order valence-corrected chi connectivity index (χ2v) is 7.78. The van der Waals surface area contributed by atoms with Gasteiger partial charge in [-0.1, -0.05) is 54.4 Å². The maximum Gasteiger partial charge on any atom is 0.00953 e. The van der Waals surface area contributed by atoms with E-state index < -0.39 is 0 Å². The molecular formula is C16H31N. The predicted molar refractivity (Wildman–Crippen MR) is 75.0 cm³/mol. The summed E-state index contributed by atoms with van der Waals surface area (Å²) in [6.45, 7) is 15.8. The lowest BCUT2D eigenvalue weighted by Gasteiger charge is -2.35. The molecule has 1 nitrogen and oxygen atoms in total. The van der Waals surface area contributed by atoms with Gasteiger partial charge < -0.3 is 5.32 Å². The highest BCUT2D eigenvalue weighted by Gasteiger charge is 2.63. The van der Waals surface area contributed by atoms with E-state index in [1.54, 1.807) is 0 Å². The summed E-state index contributed by atoms with van der Waals surface area (Å²) < 4.78 is 0. The van der Waals surface area contributed by atoms with Crippen molar-refractivity contribution < 1.29 is 0 Å². The van der Waals surface area contributed by atoms with E-state index in [1.807, 2.05) is 0 Å². The maximum absolute atomic E-state index is 3.87. The van der Waals surface area contributed by atoms with Crippen LogP contribution in [0.25, 0.3) is 0 Å². The molecular weight excluding hydrogens is 206 g/mol. The molecule has 17 heavy (non-hydrogen) atoms. The zero-order chi connectivity index (χ0) is 12.8. The standard InChI is InChI=1S/C16H31N/c1-11-8-7-9-13(12(11)2)17-10-14-15(3,4)16(14,5)6/h11-14,17H,7-10H2,1-6H3. The summed E-state index contributed by atoms with van der Waals surface area (Å²) in [5, 5.41) is 3.87. The molecule has 0 aromatic heterocycles. The first-order chi connectivity index (χ1) is 7.78. The fraction of sp³-hybridized carbons (Fsp3) is 1.00. The molecule has 1 heteroatoms. The summed E-state index contributed by atoms with van der Waals surface area (Å²) in [5.74, 6) is 2.62. The molecule has 3 unspecified atom stereocenters. The van der Waals surface area contributed by atoms with Gasteiger partial charge in [0.25, 0.3) is 0 Å². The zero-order valence-corrected chi connectivity index (χ0v) is 12.6. The first kappa shape index (κ1) is 13.4. The van der Waals surface area contributed by atoms with Gasteiger partial charge in [0, 0.05) is 6.04 Å². The maximum atomic E-state index is 3.87. The molecule has 2 fully saturated rings. The highest BCUT2D eigenvalue weighted by molar-refractivity contribution is 5.13. The number of nitrogens with one attached hydrogen (secondary N) is 1. The van der Waals surface area contributed by atoms with Crippen molar-refractivity contribution in [2.45, 2.75) is 66.8 Å². The quantitative estimate of drug-likeness (QED) is 0.780. The van der Waals surface area contributed by atoms with Crippen molar-refractivity contribution in [3.05, 3.63) is 0 Å². The summed E-state index contributed by atoms with van der Waals surface area (Å²) >= 11 is 0. The van der Waals surface area contributed by atoms with Crippen LogP contribution in [0.3, 0.4) is 0 Å². The smallest absolute Gasteiger partial charge is 0.00953 e. The molecule has 0 aliphatic heterocycles. The summed E-state index contributed by atoms with van der Waals surface area (Å²) in [4.78, 5) is 0. The Morgan fingerprint density at radius 2 is 1.59 bits per heavy atom. The van der Waals surface area contributed by atoms with Crippen molar-refractivity contribution in [2.24, 2.45) is 28.6 Å². The van der Waals surface area contributed by atoms with Gasteiger partial charge >= 0.3 is 0 Å². The minimum Gasteiger partial charge on any atom is -0.313 e. The van der Waals surface area contributed by atoms with Gasteiger partial charge in [-0.2, -0.15) is 0 Å². The molecule has 2 saturated carbocycles. The molecule has 0 heterocycles. The lowest BCUT2D eigenvalue weighted by molar-refractivity contribution is 0.203. The highest BCUT2D eigenvalue weighted by Crippen LogP contribution is 2.68. The van der Waals surface area contributed by atoms with Crippen LogP contribution in [0.2, 0.25) is 0 Å². The fourth-order valence-corrected chi connectivity index (χ4v) is 3.98. The average molecular weight is 237 g/mol. The van der Waals surface area contributed by atoms with Crippen molar-refractivity contribution in [1.82, 2.24) is 5.32 Å². The lowest BCUT2D eigenvalue weighted by atomic mass is 9.78. The Kier molecular flexibility index (Phi) is 3.36. The van der Waals surface area contributed by atoms with Crippen LogP contribution < -0.4 is 5.32 Å². The van der Waals surface area contributed by atoms with Crippen LogP contribution >= 0.6 is 0 Å². The predicted octanol–water partition coefficient (Wildman–Crippen LogP) is 4.08. The van der Waals surface area contributed by atoms with E-state index in [1.165, 1.54) is 25.8 Å². The normalized spacial score (nSPS) is 40.2. The second kappa shape index (κ2) is 4.26. The van der Waals surface area contributed by atoms with Crippen molar-refractivity contribution in [2.75, 3.05) is 6.54 Å². The van der Waals surface area contributed by atoms with Crippen LogP contribution in [-0.4, -0.2) is 12.6 Å². The Labute approximate surface area is 108 Å². The van der Waals surface area contributed by atoms with E-state index in [-0.39, 0.29) is 0 Å². The van der Waals surface area contributed by atoms with E-state index >= 15 is 0 Å². The summed E-state index contributed by atoms with van der Waals surface area (Å²) in [7, 11) is 0. The van der Waals surface area contributed by atoms with Crippen LogP contribution in [-0.2, 0) is 0 Å². The molecule has 100 valence electrons. The Morgan fingerprint density at radius 1 is 1.00 bits per heavy atom. The molecule has 3 atom stereocenters. The van der Waals surface area contributed by atoms with E-state index in [0.717, 1.165) is 23.8 Å². The number of hydrogen-bond acceptors (Lipinski definition) is 1. The monoisotopic (exact) mass is 237 g/mol. The first-order valence-electron chi connectivity index (χ1n) is 7.52. The van der Waals surface area contributed by atoms with Gasteiger partial charge in [0.05, 0.1) is 0 Å². The minimum atomic E-state index is 0.531. The zero-order valence-electron chi connectivity index (χ0n) is 12.6. The van der Waals surface area contributed by atoms with Gasteiger partial charge in [-0.05, 0) is 41.5 Å². The lowest BCUT2D eigenvalue weighted by Crippen LogP contribution is -2.41. The molecule has 2 rings (SSSR count). The first-order valence-corrected chi connectivity index (χ1v) is 7.52. The topological polar surface area (TPSA) is 12.0 Å². The molecule has 0 saturated heterocycles. The summed E-state index contributed by atoms with van der Waals surface area (Å²) in [6, 6.07) is 0.769. The third-order valence-corrected chi connectivity index (χ3v) is 6.61. The van der Waals surface area contributed by atoms with Crippen LogP contribution in [0.1, 0.15) is 60.8 Å². The highest BCUT2D eigenvalue weighted by atomic mass is 15.0. The minimum absolute atomic E-state index is 0.531. The number of hydrogen-bond donors (Lipinski definition) is 1. The van der Waals surface area contributed by atoms with E-state index in [4.69, 9.17) is 0 Å². The van der Waals surface area contributed by atoms with Gasteiger partial charge in [0.15, 0.2) is 0 Å². The Hall–Kier alpha value is -0.0400. The Balaban J connectivity index is 1.83. The molecule has 0 amide bonds. The third-order valence-electron chi connectivity index (χ3n) is 6.61. The van der Waals surface area contributed by atoms with Crippen molar-refractivity contribution >= 4 is 0 Å². The van der Waals surface area contributed by atoms with Crippen LogP contribution in [0.15, 0.2) is 0 Å². The van der Waals surface area contributed by atoms with Gasteiger partial charge in [0.2, 0.25) is 0 Å². The Morgan fingerprint density at radius 3 is 2.12 bits per heavy atom. The van der Waals surface area contributed by atoms with Gasteiger partial charge in [-0.15, -0.1) is 0 Å². The van der Waals surface area contributed by atoms with Crippen molar-refractivity contribution in [3.8, 4) is 0 Å². The van der Waals surface area contributed by atoms with Gasteiger partial charge in [-0.25, -0.2) is 0 Å². The molecule has 0 spiro atoms. The molecule has 1 N–H and O–H groups in total. The van der Waals surface area contributed by atoms with Crippen molar-refractivity contribution in [3.63, 3.8) is 0 Å². The summed E-state index contributed by atoms with van der Waals surface area (Å²) in [6.07, 6.45) is 4.24. The second-order valence-electron chi connectivity index (χ2n) is 7.78. The van der Waals surface area contributed by atoms with Gasteiger partial charge in [0.1, 0.15) is 0 Å².